The van der Waals surface area contributed by atoms with E-state index in [1.807, 2.05) is 45.0 Å². The van der Waals surface area contributed by atoms with Crippen LogP contribution in [-0.2, 0) is 9.47 Å². The van der Waals surface area contributed by atoms with E-state index in [-0.39, 0.29) is 18.2 Å². The van der Waals surface area contributed by atoms with Crippen LogP contribution in [-0.4, -0.2) is 25.4 Å². The van der Waals surface area contributed by atoms with Gasteiger partial charge in [-0.3, -0.25) is 0 Å². The minimum atomic E-state index is -0.200. The van der Waals surface area contributed by atoms with E-state index in [9.17, 15) is 0 Å². The maximum Gasteiger partial charge on any atom is 0.0994 e. The lowest BCUT2D eigenvalue weighted by Gasteiger charge is -2.28. The Morgan fingerprint density at radius 3 is 2.53 bits per heavy atom. The van der Waals surface area contributed by atoms with E-state index >= 15 is 0 Å². The van der Waals surface area contributed by atoms with Gasteiger partial charge in [-0.2, -0.15) is 0 Å². The predicted octanol–water partition coefficient (Wildman–Crippen LogP) is 3.56. The molecule has 1 aromatic rings. The van der Waals surface area contributed by atoms with Crippen LogP contribution in [0.3, 0.4) is 0 Å². The van der Waals surface area contributed by atoms with Crippen LogP contribution in [0.25, 0.3) is 0 Å². The van der Waals surface area contributed by atoms with Crippen molar-refractivity contribution >= 4 is 11.6 Å². The molecule has 1 rings (SSSR count). The average molecular weight is 286 g/mol. The van der Waals surface area contributed by atoms with Gasteiger partial charge in [-0.15, -0.1) is 0 Å². The van der Waals surface area contributed by atoms with Gasteiger partial charge in [0.2, 0.25) is 0 Å². The van der Waals surface area contributed by atoms with Crippen molar-refractivity contribution in [3.05, 3.63) is 34.9 Å². The second kappa shape index (κ2) is 8.54. The Morgan fingerprint density at radius 2 is 1.95 bits per heavy atom. The number of ether oxygens (including phenoxy) is 2. The van der Waals surface area contributed by atoms with Gasteiger partial charge in [0.15, 0.2) is 0 Å². The Morgan fingerprint density at radius 1 is 1.26 bits per heavy atom. The minimum Gasteiger partial charge on any atom is -0.379 e. The maximum absolute atomic E-state index is 6.24. The van der Waals surface area contributed by atoms with E-state index < -0.39 is 0 Å². The maximum atomic E-state index is 6.24. The van der Waals surface area contributed by atoms with Crippen molar-refractivity contribution in [2.24, 2.45) is 5.73 Å². The molecule has 2 N–H and O–H groups in total. The first kappa shape index (κ1) is 16.4. The standard InChI is InChI=1S/C15H24ClNO2/c1-4-14(17)15(19-11(3)10-18-5-2)12-8-6-7-9-13(12)16/h6-9,11,14-15H,4-5,10,17H2,1-3H3. The predicted molar refractivity (Wildman–Crippen MR) is 79.5 cm³/mol. The van der Waals surface area contributed by atoms with Crippen molar-refractivity contribution in [3.8, 4) is 0 Å². The van der Waals surface area contributed by atoms with Crippen molar-refractivity contribution in [1.82, 2.24) is 0 Å². The lowest BCUT2D eigenvalue weighted by Crippen LogP contribution is -2.33. The molecule has 0 aromatic heterocycles. The smallest absolute Gasteiger partial charge is 0.0994 e. The van der Waals surface area contributed by atoms with Gasteiger partial charge < -0.3 is 15.2 Å². The van der Waals surface area contributed by atoms with Crippen LogP contribution in [0.1, 0.15) is 38.9 Å². The fraction of sp³-hybridized carbons (Fsp3) is 0.600. The Kier molecular flexibility index (Phi) is 7.39. The normalized spacial score (nSPS) is 16.1. The van der Waals surface area contributed by atoms with Crippen LogP contribution >= 0.6 is 11.6 Å². The zero-order valence-corrected chi connectivity index (χ0v) is 12.7. The first-order valence-electron chi connectivity index (χ1n) is 6.83. The highest BCUT2D eigenvalue weighted by Crippen LogP contribution is 2.29. The summed E-state index contributed by atoms with van der Waals surface area (Å²) < 4.78 is 11.4. The molecule has 0 spiro atoms. The summed E-state index contributed by atoms with van der Waals surface area (Å²) in [6.45, 7) is 7.25. The van der Waals surface area contributed by atoms with Gasteiger partial charge >= 0.3 is 0 Å². The largest absolute Gasteiger partial charge is 0.379 e. The number of nitrogens with two attached hydrogens (primary N) is 1. The van der Waals surface area contributed by atoms with Gasteiger partial charge in [0, 0.05) is 23.2 Å². The highest BCUT2D eigenvalue weighted by atomic mass is 35.5. The van der Waals surface area contributed by atoms with Crippen LogP contribution in [0.15, 0.2) is 24.3 Å². The molecule has 0 aliphatic heterocycles. The van der Waals surface area contributed by atoms with Gasteiger partial charge in [0.1, 0.15) is 0 Å². The second-order valence-corrected chi connectivity index (χ2v) is 5.03. The molecule has 0 fully saturated rings. The fourth-order valence-electron chi connectivity index (χ4n) is 1.90. The Balaban J connectivity index is 2.81. The van der Waals surface area contributed by atoms with Crippen LogP contribution in [0.4, 0.5) is 0 Å². The van der Waals surface area contributed by atoms with Crippen molar-refractivity contribution in [2.45, 2.75) is 45.4 Å². The summed E-state index contributed by atoms with van der Waals surface area (Å²) in [4.78, 5) is 0. The molecular formula is C15H24ClNO2. The summed E-state index contributed by atoms with van der Waals surface area (Å²) in [5.74, 6) is 0. The van der Waals surface area contributed by atoms with Gasteiger partial charge in [-0.25, -0.2) is 0 Å². The Hall–Kier alpha value is -0.610. The van der Waals surface area contributed by atoms with Crippen molar-refractivity contribution < 1.29 is 9.47 Å². The molecule has 3 nitrogen and oxygen atoms in total. The molecule has 0 aliphatic rings. The number of rotatable bonds is 8. The first-order chi connectivity index (χ1) is 9.10. The van der Waals surface area contributed by atoms with E-state index in [0.29, 0.717) is 18.2 Å². The topological polar surface area (TPSA) is 44.5 Å². The third kappa shape index (κ3) is 5.11. The zero-order chi connectivity index (χ0) is 14.3. The molecule has 0 heterocycles. The van der Waals surface area contributed by atoms with Gasteiger partial charge in [-0.05, 0) is 26.3 Å². The van der Waals surface area contributed by atoms with Crippen molar-refractivity contribution in [1.29, 1.82) is 0 Å². The number of halogens is 1. The number of hydrogen-bond acceptors (Lipinski definition) is 3. The second-order valence-electron chi connectivity index (χ2n) is 4.62. The molecule has 0 aliphatic carbocycles. The van der Waals surface area contributed by atoms with Crippen LogP contribution in [0.5, 0.6) is 0 Å². The highest BCUT2D eigenvalue weighted by Gasteiger charge is 2.23. The summed E-state index contributed by atoms with van der Waals surface area (Å²) >= 11 is 6.24. The van der Waals surface area contributed by atoms with E-state index in [2.05, 4.69) is 0 Å². The molecule has 0 radical (unpaired) electrons. The summed E-state index contributed by atoms with van der Waals surface area (Å²) in [6, 6.07) is 7.61. The lowest BCUT2D eigenvalue weighted by molar-refractivity contribution is -0.0573. The van der Waals surface area contributed by atoms with Crippen molar-refractivity contribution in [2.75, 3.05) is 13.2 Å². The fourth-order valence-corrected chi connectivity index (χ4v) is 2.14. The zero-order valence-electron chi connectivity index (χ0n) is 11.9. The van der Waals surface area contributed by atoms with Crippen LogP contribution in [0, 0.1) is 0 Å². The molecule has 0 amide bonds. The molecular weight excluding hydrogens is 262 g/mol. The monoisotopic (exact) mass is 285 g/mol. The van der Waals surface area contributed by atoms with E-state index in [1.165, 1.54) is 0 Å². The summed E-state index contributed by atoms with van der Waals surface area (Å²) in [6.07, 6.45) is 0.616. The third-order valence-corrected chi connectivity index (χ3v) is 3.35. The quantitative estimate of drug-likeness (QED) is 0.794. The molecule has 1 aromatic carbocycles. The summed E-state index contributed by atoms with van der Waals surface area (Å²) in [5.41, 5.74) is 7.12. The van der Waals surface area contributed by atoms with Crippen molar-refractivity contribution in [3.63, 3.8) is 0 Å². The van der Waals surface area contributed by atoms with Gasteiger partial charge in [-0.1, -0.05) is 36.7 Å². The Bertz CT molecular complexity index is 373. The van der Waals surface area contributed by atoms with Crippen LogP contribution in [0.2, 0.25) is 5.02 Å². The van der Waals surface area contributed by atoms with E-state index in [0.717, 1.165) is 12.0 Å². The Labute approximate surface area is 121 Å². The van der Waals surface area contributed by atoms with Crippen LogP contribution < -0.4 is 5.73 Å². The summed E-state index contributed by atoms with van der Waals surface area (Å²) in [7, 11) is 0. The SMILES string of the molecule is CCOCC(C)OC(c1ccccc1Cl)C(N)CC. The molecule has 0 saturated carbocycles. The highest BCUT2D eigenvalue weighted by molar-refractivity contribution is 6.31. The number of hydrogen-bond donors (Lipinski definition) is 1. The first-order valence-corrected chi connectivity index (χ1v) is 7.21. The molecule has 0 saturated heterocycles. The molecule has 3 unspecified atom stereocenters. The van der Waals surface area contributed by atoms with Gasteiger partial charge in [0.25, 0.3) is 0 Å². The third-order valence-electron chi connectivity index (χ3n) is 3.01. The van der Waals surface area contributed by atoms with E-state index in [1.54, 1.807) is 0 Å². The average Bonchev–Trinajstić information content (AvgIpc) is 2.42. The lowest BCUT2D eigenvalue weighted by atomic mass is 10.0. The molecule has 19 heavy (non-hydrogen) atoms. The summed E-state index contributed by atoms with van der Waals surface area (Å²) in [5, 5.41) is 0.694. The molecule has 0 bridgehead atoms. The van der Waals surface area contributed by atoms with Gasteiger partial charge in [0.05, 0.1) is 18.8 Å². The minimum absolute atomic E-state index is 0.0150. The molecule has 3 atom stereocenters. The number of benzene rings is 1. The molecule has 108 valence electrons. The molecule has 4 heteroatoms. The van der Waals surface area contributed by atoms with E-state index in [4.69, 9.17) is 26.8 Å².